The highest BCUT2D eigenvalue weighted by molar-refractivity contribution is 5.99. The monoisotopic (exact) mass is 514 g/mol. The van der Waals surface area contributed by atoms with Crippen molar-refractivity contribution in [2.75, 3.05) is 0 Å². The van der Waals surface area contributed by atoms with Gasteiger partial charge in [-0.1, -0.05) is 72.8 Å². The zero-order chi connectivity index (χ0) is 26.9. The number of piperazine rings is 1. The van der Waals surface area contributed by atoms with Crippen LogP contribution in [0.5, 0.6) is 5.75 Å². The van der Waals surface area contributed by atoms with Crippen molar-refractivity contribution in [3.8, 4) is 5.75 Å². The maximum atomic E-state index is 12.6. The predicted octanol–water partition coefficient (Wildman–Crippen LogP) is 1.39. The minimum Gasteiger partial charge on any atom is -0.489 e. The van der Waals surface area contributed by atoms with Gasteiger partial charge in [0.25, 0.3) is 0 Å². The second kappa shape index (κ2) is 12.5. The van der Waals surface area contributed by atoms with E-state index in [0.717, 1.165) is 16.7 Å². The summed E-state index contributed by atoms with van der Waals surface area (Å²) in [6.45, 7) is 0.429. The smallest absolute Gasteiger partial charge is 0.243 e. The Bertz CT molecular complexity index is 1270. The molecule has 0 aromatic heterocycles. The highest BCUT2D eigenvalue weighted by Crippen LogP contribution is 2.16. The van der Waals surface area contributed by atoms with Crippen LogP contribution in [0, 0.1) is 0 Å². The van der Waals surface area contributed by atoms with E-state index >= 15 is 0 Å². The van der Waals surface area contributed by atoms with E-state index in [1.54, 1.807) is 24.3 Å². The average Bonchev–Trinajstić information content (AvgIpc) is 2.92. The summed E-state index contributed by atoms with van der Waals surface area (Å²) in [6.07, 6.45) is 0.200. The van der Waals surface area contributed by atoms with Gasteiger partial charge in [0.15, 0.2) is 0 Å². The van der Waals surface area contributed by atoms with E-state index in [1.165, 1.54) is 0 Å². The molecule has 9 nitrogen and oxygen atoms in total. The third-order valence-corrected chi connectivity index (χ3v) is 6.23. The zero-order valence-electron chi connectivity index (χ0n) is 20.8. The summed E-state index contributed by atoms with van der Waals surface area (Å²) in [7, 11) is 0. The second-order valence-electron chi connectivity index (χ2n) is 9.16. The van der Waals surface area contributed by atoms with Crippen LogP contribution >= 0.6 is 0 Å². The van der Waals surface area contributed by atoms with Gasteiger partial charge in [0, 0.05) is 12.8 Å². The first kappa shape index (κ1) is 26.4. The van der Waals surface area contributed by atoms with Crippen LogP contribution in [0.3, 0.4) is 0 Å². The quantitative estimate of drug-likeness (QED) is 0.306. The van der Waals surface area contributed by atoms with Gasteiger partial charge >= 0.3 is 0 Å². The molecule has 0 unspecified atom stereocenters. The van der Waals surface area contributed by atoms with Crippen LogP contribution in [-0.2, 0) is 38.6 Å². The number of hydrogen-bond donors (Lipinski definition) is 4. The molecule has 5 N–H and O–H groups in total. The molecule has 1 saturated heterocycles. The van der Waals surface area contributed by atoms with Gasteiger partial charge in [-0.15, -0.1) is 0 Å². The first-order chi connectivity index (χ1) is 18.4. The first-order valence-electron chi connectivity index (χ1n) is 12.4. The fourth-order valence-corrected chi connectivity index (χ4v) is 4.17. The molecule has 0 saturated carbocycles. The summed E-state index contributed by atoms with van der Waals surface area (Å²) < 4.78 is 5.77. The van der Waals surface area contributed by atoms with Crippen molar-refractivity contribution in [1.29, 1.82) is 0 Å². The van der Waals surface area contributed by atoms with E-state index in [9.17, 15) is 19.2 Å². The molecule has 9 heteroatoms. The van der Waals surface area contributed by atoms with E-state index in [1.807, 2.05) is 60.7 Å². The predicted molar refractivity (Wildman–Crippen MR) is 141 cm³/mol. The molecule has 0 spiro atoms. The third kappa shape index (κ3) is 7.42. The molecule has 1 aliphatic rings. The second-order valence-corrected chi connectivity index (χ2v) is 9.16. The summed E-state index contributed by atoms with van der Waals surface area (Å²) in [4.78, 5) is 49.7. The van der Waals surface area contributed by atoms with Gasteiger partial charge in [-0.3, -0.25) is 19.2 Å². The number of benzene rings is 3. The third-order valence-electron chi connectivity index (χ3n) is 6.23. The average molecular weight is 515 g/mol. The molecule has 0 bridgehead atoms. The Morgan fingerprint density at radius 1 is 0.789 bits per heavy atom. The number of nitrogens with one attached hydrogen (secondary N) is 3. The molecule has 1 fully saturated rings. The Hall–Kier alpha value is -4.66. The van der Waals surface area contributed by atoms with E-state index < -0.39 is 35.8 Å². The molecule has 1 aliphatic heterocycles. The molecule has 0 aliphatic carbocycles. The Morgan fingerprint density at radius 3 is 2.00 bits per heavy atom. The Morgan fingerprint density at radius 2 is 1.37 bits per heavy atom. The highest BCUT2D eigenvalue weighted by Gasteiger charge is 2.35. The number of carbonyl (C=O) groups is 4. The first-order valence-corrected chi connectivity index (χ1v) is 12.4. The van der Waals surface area contributed by atoms with Crippen LogP contribution in [0.25, 0.3) is 0 Å². The number of amides is 4. The summed E-state index contributed by atoms with van der Waals surface area (Å²) >= 11 is 0. The number of nitrogens with two attached hydrogens (primary N) is 1. The molecule has 1 heterocycles. The Kier molecular flexibility index (Phi) is 8.71. The fraction of sp³-hybridized carbons (Fsp3) is 0.241. The molecule has 0 radical (unpaired) electrons. The fourth-order valence-electron chi connectivity index (χ4n) is 4.17. The Balaban J connectivity index is 1.27. The Labute approximate surface area is 220 Å². The summed E-state index contributed by atoms with van der Waals surface area (Å²) in [5, 5.41) is 7.87. The van der Waals surface area contributed by atoms with Gasteiger partial charge in [0.1, 0.15) is 30.5 Å². The van der Waals surface area contributed by atoms with Crippen LogP contribution in [0.2, 0.25) is 0 Å². The van der Waals surface area contributed by atoms with Crippen LogP contribution in [0.1, 0.15) is 23.1 Å². The number of carbonyl (C=O) groups excluding carboxylic acids is 4. The molecular formula is C29H30N4O5. The molecule has 3 atom stereocenters. The topological polar surface area (TPSA) is 140 Å². The standard InChI is InChI=1S/C29H30N4O5/c30-27(35)23(15-20-11-13-22(14-12-20)38-18-21-9-5-2-6-10-21)31-26(34)17-25-29(37)32-24(28(36)33-25)16-19-7-3-1-4-8-19/h1-14,23-25H,15-18H2,(H2,30,35)(H,31,34)(H,32,37)(H,33,36)/t23-,24+,25+/m1/s1. The number of primary amides is 1. The van der Waals surface area contributed by atoms with E-state index in [-0.39, 0.29) is 18.7 Å². The summed E-state index contributed by atoms with van der Waals surface area (Å²) in [5.41, 5.74) is 8.24. The van der Waals surface area contributed by atoms with Crippen LogP contribution in [0.4, 0.5) is 0 Å². The lowest BCUT2D eigenvalue weighted by Crippen LogP contribution is -2.63. The highest BCUT2D eigenvalue weighted by atomic mass is 16.5. The van der Waals surface area contributed by atoms with Gasteiger partial charge < -0.3 is 26.4 Å². The normalized spacial score (nSPS) is 17.6. The van der Waals surface area contributed by atoms with E-state index in [4.69, 9.17) is 10.5 Å². The van der Waals surface area contributed by atoms with Crippen molar-refractivity contribution in [3.63, 3.8) is 0 Å². The lowest BCUT2D eigenvalue weighted by molar-refractivity contribution is -0.138. The molecular weight excluding hydrogens is 484 g/mol. The van der Waals surface area contributed by atoms with Gasteiger partial charge in [-0.25, -0.2) is 0 Å². The largest absolute Gasteiger partial charge is 0.489 e. The SMILES string of the molecule is NC(=O)[C@@H](Cc1ccc(OCc2ccccc2)cc1)NC(=O)C[C@@H]1NC(=O)[C@H](Cc2ccccc2)NC1=O. The zero-order valence-corrected chi connectivity index (χ0v) is 20.8. The van der Waals surface area contributed by atoms with Crippen molar-refractivity contribution in [2.45, 2.75) is 44.0 Å². The molecule has 4 amide bonds. The van der Waals surface area contributed by atoms with Crippen molar-refractivity contribution in [2.24, 2.45) is 5.73 Å². The summed E-state index contributed by atoms with van der Waals surface area (Å²) in [6, 6.07) is 23.5. The molecule has 3 aromatic carbocycles. The summed E-state index contributed by atoms with van der Waals surface area (Å²) in [5.74, 6) is -1.43. The molecule has 196 valence electrons. The van der Waals surface area contributed by atoms with Crippen LogP contribution in [-0.4, -0.2) is 41.8 Å². The number of hydrogen-bond acceptors (Lipinski definition) is 5. The van der Waals surface area contributed by atoms with Gasteiger partial charge in [-0.2, -0.15) is 0 Å². The number of rotatable bonds is 11. The molecule has 4 rings (SSSR count). The maximum absolute atomic E-state index is 12.6. The van der Waals surface area contributed by atoms with Crippen molar-refractivity contribution in [1.82, 2.24) is 16.0 Å². The van der Waals surface area contributed by atoms with Crippen molar-refractivity contribution >= 4 is 23.6 Å². The minimum atomic E-state index is -1.04. The molecule has 3 aromatic rings. The van der Waals surface area contributed by atoms with E-state index in [2.05, 4.69) is 16.0 Å². The minimum absolute atomic E-state index is 0.169. The van der Waals surface area contributed by atoms with Crippen LogP contribution in [0.15, 0.2) is 84.9 Å². The maximum Gasteiger partial charge on any atom is 0.243 e. The van der Waals surface area contributed by atoms with Crippen LogP contribution < -0.4 is 26.4 Å². The number of ether oxygens (including phenoxy) is 1. The lowest BCUT2D eigenvalue weighted by atomic mass is 10.0. The van der Waals surface area contributed by atoms with Crippen molar-refractivity contribution in [3.05, 3.63) is 102 Å². The van der Waals surface area contributed by atoms with Gasteiger partial charge in [0.2, 0.25) is 23.6 Å². The molecule has 38 heavy (non-hydrogen) atoms. The lowest BCUT2D eigenvalue weighted by Gasteiger charge is -2.29. The van der Waals surface area contributed by atoms with Crippen molar-refractivity contribution < 1.29 is 23.9 Å². The van der Waals surface area contributed by atoms with Gasteiger partial charge in [-0.05, 0) is 28.8 Å². The van der Waals surface area contributed by atoms with E-state index in [0.29, 0.717) is 18.8 Å². The van der Waals surface area contributed by atoms with Gasteiger partial charge in [0.05, 0.1) is 6.42 Å².